The summed E-state index contributed by atoms with van der Waals surface area (Å²) in [5.41, 5.74) is 9.34. The molecule has 4 heteroatoms. The van der Waals surface area contributed by atoms with E-state index in [0.29, 0.717) is 28.2 Å². The summed E-state index contributed by atoms with van der Waals surface area (Å²) in [6, 6.07) is 13.4. The molecular formula is C16H14BrNO2. The van der Waals surface area contributed by atoms with Crippen LogP contribution < -0.4 is 5.73 Å². The number of carbonyl (C=O) groups is 1. The highest BCUT2D eigenvalue weighted by Gasteiger charge is 2.27. The van der Waals surface area contributed by atoms with E-state index in [1.54, 1.807) is 18.2 Å². The van der Waals surface area contributed by atoms with E-state index in [4.69, 9.17) is 10.5 Å². The van der Waals surface area contributed by atoms with E-state index in [1.165, 1.54) is 11.1 Å². The second kappa shape index (κ2) is 5.29. The summed E-state index contributed by atoms with van der Waals surface area (Å²) >= 11 is 3.34. The Morgan fingerprint density at radius 2 is 2.10 bits per heavy atom. The van der Waals surface area contributed by atoms with Gasteiger partial charge in [0.05, 0.1) is 12.2 Å². The van der Waals surface area contributed by atoms with Crippen LogP contribution >= 0.6 is 15.9 Å². The number of rotatable bonds is 3. The maximum atomic E-state index is 12.1. The molecular weight excluding hydrogens is 318 g/mol. The Bertz CT molecular complexity index is 669. The number of esters is 1. The van der Waals surface area contributed by atoms with Crippen LogP contribution in [-0.2, 0) is 11.2 Å². The van der Waals surface area contributed by atoms with Crippen LogP contribution in [0.25, 0.3) is 0 Å². The van der Waals surface area contributed by atoms with Gasteiger partial charge in [-0.2, -0.15) is 0 Å². The Balaban J connectivity index is 1.65. The van der Waals surface area contributed by atoms with Gasteiger partial charge < -0.3 is 10.5 Å². The second-order valence-electron chi connectivity index (χ2n) is 4.94. The molecule has 1 unspecified atom stereocenters. The van der Waals surface area contributed by atoms with Crippen LogP contribution in [0, 0.1) is 0 Å². The third kappa shape index (κ3) is 2.43. The van der Waals surface area contributed by atoms with Gasteiger partial charge in [-0.1, -0.05) is 24.3 Å². The zero-order valence-corrected chi connectivity index (χ0v) is 12.4. The van der Waals surface area contributed by atoms with Crippen molar-refractivity contribution in [1.29, 1.82) is 0 Å². The molecule has 0 saturated carbocycles. The van der Waals surface area contributed by atoms with Gasteiger partial charge in [-0.15, -0.1) is 0 Å². The number of carbonyl (C=O) groups excluding carboxylic acids is 1. The lowest BCUT2D eigenvalue weighted by atomic mass is 9.78. The first kappa shape index (κ1) is 13.2. The van der Waals surface area contributed by atoms with Gasteiger partial charge >= 0.3 is 5.97 Å². The Morgan fingerprint density at radius 1 is 1.30 bits per heavy atom. The van der Waals surface area contributed by atoms with Crippen molar-refractivity contribution in [1.82, 2.24) is 0 Å². The van der Waals surface area contributed by atoms with E-state index in [1.807, 2.05) is 12.1 Å². The van der Waals surface area contributed by atoms with Crippen molar-refractivity contribution in [3.05, 3.63) is 63.6 Å². The molecule has 102 valence electrons. The molecule has 2 N–H and O–H groups in total. The van der Waals surface area contributed by atoms with Gasteiger partial charge in [0.2, 0.25) is 0 Å². The first-order valence-corrected chi connectivity index (χ1v) is 7.24. The Kier molecular flexibility index (Phi) is 3.49. The predicted octanol–water partition coefficient (Wildman–Crippen LogP) is 3.53. The summed E-state index contributed by atoms with van der Waals surface area (Å²) in [6.07, 6.45) is 0.974. The molecule has 2 aromatic rings. The number of halogens is 1. The van der Waals surface area contributed by atoms with Crippen molar-refractivity contribution in [2.45, 2.75) is 12.3 Å². The smallest absolute Gasteiger partial charge is 0.339 e. The number of anilines is 1. The average molecular weight is 332 g/mol. The zero-order valence-electron chi connectivity index (χ0n) is 10.8. The summed E-state index contributed by atoms with van der Waals surface area (Å²) in [4.78, 5) is 12.1. The standard InChI is InChI=1S/C16H14BrNO2/c17-15-6-5-12(18)8-14(15)16(19)20-9-11-7-10-3-1-2-4-13(10)11/h1-6,8,11H,7,9,18H2. The molecule has 0 radical (unpaired) electrons. The number of fused-ring (bicyclic) bond motifs is 1. The fourth-order valence-electron chi connectivity index (χ4n) is 2.46. The van der Waals surface area contributed by atoms with E-state index < -0.39 is 0 Å². The normalized spacial score (nSPS) is 16.1. The van der Waals surface area contributed by atoms with E-state index in [-0.39, 0.29) is 5.97 Å². The summed E-state index contributed by atoms with van der Waals surface area (Å²) in [6.45, 7) is 0.414. The maximum Gasteiger partial charge on any atom is 0.339 e. The Labute approximate surface area is 125 Å². The lowest BCUT2D eigenvalue weighted by Gasteiger charge is -2.29. The molecule has 0 heterocycles. The molecule has 0 amide bonds. The van der Waals surface area contributed by atoms with Gasteiger partial charge in [-0.3, -0.25) is 0 Å². The van der Waals surface area contributed by atoms with Gasteiger partial charge in [0, 0.05) is 16.1 Å². The second-order valence-corrected chi connectivity index (χ2v) is 5.79. The Hall–Kier alpha value is -1.81. The van der Waals surface area contributed by atoms with E-state index in [2.05, 4.69) is 28.1 Å². The summed E-state index contributed by atoms with van der Waals surface area (Å²) in [7, 11) is 0. The van der Waals surface area contributed by atoms with Crippen molar-refractivity contribution in [3.63, 3.8) is 0 Å². The third-order valence-electron chi connectivity index (χ3n) is 3.59. The number of nitrogen functional groups attached to an aromatic ring is 1. The molecule has 1 aliphatic rings. The lowest BCUT2D eigenvalue weighted by Crippen LogP contribution is -2.23. The van der Waals surface area contributed by atoms with Crippen molar-refractivity contribution < 1.29 is 9.53 Å². The molecule has 0 aliphatic heterocycles. The first-order chi connectivity index (χ1) is 9.65. The van der Waals surface area contributed by atoms with Crippen molar-refractivity contribution >= 4 is 27.6 Å². The number of hydrogen-bond donors (Lipinski definition) is 1. The summed E-state index contributed by atoms with van der Waals surface area (Å²) in [5.74, 6) is -0.0245. The molecule has 0 bridgehead atoms. The van der Waals surface area contributed by atoms with E-state index >= 15 is 0 Å². The SMILES string of the molecule is Nc1ccc(Br)c(C(=O)OCC2Cc3ccccc32)c1. The van der Waals surface area contributed by atoms with Crippen LogP contribution in [0.2, 0.25) is 0 Å². The fourth-order valence-corrected chi connectivity index (χ4v) is 2.87. The van der Waals surface area contributed by atoms with Gasteiger partial charge in [-0.25, -0.2) is 4.79 Å². The largest absolute Gasteiger partial charge is 0.461 e. The molecule has 0 aromatic heterocycles. The van der Waals surface area contributed by atoms with Crippen LogP contribution in [-0.4, -0.2) is 12.6 Å². The van der Waals surface area contributed by atoms with Crippen molar-refractivity contribution in [2.24, 2.45) is 0 Å². The van der Waals surface area contributed by atoms with Crippen LogP contribution in [0.5, 0.6) is 0 Å². The Morgan fingerprint density at radius 3 is 2.90 bits per heavy atom. The topological polar surface area (TPSA) is 52.3 Å². The molecule has 1 atom stereocenters. The van der Waals surface area contributed by atoms with Crippen molar-refractivity contribution in [2.75, 3.05) is 12.3 Å². The summed E-state index contributed by atoms with van der Waals surface area (Å²) < 4.78 is 6.10. The van der Waals surface area contributed by atoms with Crippen LogP contribution in [0.3, 0.4) is 0 Å². The fraction of sp³-hybridized carbons (Fsp3) is 0.188. The summed E-state index contributed by atoms with van der Waals surface area (Å²) in [5, 5.41) is 0. The zero-order chi connectivity index (χ0) is 14.1. The highest BCUT2D eigenvalue weighted by molar-refractivity contribution is 9.10. The highest BCUT2D eigenvalue weighted by atomic mass is 79.9. The molecule has 20 heavy (non-hydrogen) atoms. The molecule has 0 spiro atoms. The number of hydrogen-bond acceptors (Lipinski definition) is 3. The first-order valence-electron chi connectivity index (χ1n) is 6.45. The molecule has 3 rings (SSSR count). The molecule has 3 nitrogen and oxygen atoms in total. The van der Waals surface area contributed by atoms with Gasteiger partial charge in [0.25, 0.3) is 0 Å². The molecule has 2 aromatic carbocycles. The number of ether oxygens (including phenoxy) is 1. The van der Waals surface area contributed by atoms with E-state index in [9.17, 15) is 4.79 Å². The van der Waals surface area contributed by atoms with Gasteiger partial charge in [0.15, 0.2) is 0 Å². The molecule has 1 aliphatic carbocycles. The quantitative estimate of drug-likeness (QED) is 0.691. The molecule has 0 saturated heterocycles. The minimum Gasteiger partial charge on any atom is -0.461 e. The number of nitrogens with two attached hydrogens (primary N) is 1. The minimum atomic E-state index is -0.339. The molecule has 0 fully saturated rings. The minimum absolute atomic E-state index is 0.315. The highest BCUT2D eigenvalue weighted by Crippen LogP contribution is 2.35. The average Bonchev–Trinajstić information content (AvgIpc) is 2.42. The van der Waals surface area contributed by atoms with Gasteiger partial charge in [-0.05, 0) is 51.7 Å². The maximum absolute atomic E-state index is 12.1. The van der Waals surface area contributed by atoms with Crippen LogP contribution in [0.15, 0.2) is 46.9 Å². The van der Waals surface area contributed by atoms with Crippen LogP contribution in [0.4, 0.5) is 5.69 Å². The van der Waals surface area contributed by atoms with Crippen LogP contribution in [0.1, 0.15) is 27.4 Å². The third-order valence-corrected chi connectivity index (χ3v) is 4.28. The number of benzene rings is 2. The predicted molar refractivity (Wildman–Crippen MR) is 81.7 cm³/mol. The lowest BCUT2D eigenvalue weighted by molar-refractivity contribution is 0.0468. The van der Waals surface area contributed by atoms with Gasteiger partial charge in [0.1, 0.15) is 0 Å². The van der Waals surface area contributed by atoms with Crippen molar-refractivity contribution in [3.8, 4) is 0 Å². The monoisotopic (exact) mass is 331 g/mol. The van der Waals surface area contributed by atoms with E-state index in [0.717, 1.165) is 6.42 Å².